The summed E-state index contributed by atoms with van der Waals surface area (Å²) in [5.74, 6) is -1.52. The molecule has 304 valence electrons. The summed E-state index contributed by atoms with van der Waals surface area (Å²) in [5, 5.41) is 17.2. The van der Waals surface area contributed by atoms with Gasteiger partial charge in [-0.05, 0) is 113 Å². The van der Waals surface area contributed by atoms with Crippen molar-refractivity contribution in [2.75, 3.05) is 28.7 Å². The minimum atomic E-state index is -1.12. The van der Waals surface area contributed by atoms with Gasteiger partial charge in [-0.1, -0.05) is 48.5 Å². The van der Waals surface area contributed by atoms with Crippen LogP contribution in [0.15, 0.2) is 78.9 Å². The number of hydrogen-bond acceptors (Lipinski definition) is 11. The number of fused-ring (bicyclic) bond motifs is 1. The number of anilines is 3. The summed E-state index contributed by atoms with van der Waals surface area (Å²) in [6.07, 6.45) is -2.08. The van der Waals surface area contributed by atoms with E-state index in [0.717, 1.165) is 16.0 Å². The maximum Gasteiger partial charge on any atom is 0.424 e. The van der Waals surface area contributed by atoms with Crippen LogP contribution in [0.5, 0.6) is 0 Å². The Morgan fingerprint density at radius 3 is 2.07 bits per heavy atom. The topological polar surface area (TPSA) is 196 Å². The number of ether oxygens (including phenoxy) is 4. The molecule has 0 spiro atoms. The number of carboxylic acid groups (broad SMARTS) is 1. The van der Waals surface area contributed by atoms with Crippen LogP contribution in [-0.2, 0) is 35.0 Å². The summed E-state index contributed by atoms with van der Waals surface area (Å²) in [7, 11) is 0. The van der Waals surface area contributed by atoms with Crippen LogP contribution < -0.4 is 21.3 Å². The number of carboxylic acids is 1. The third-order valence-electron chi connectivity index (χ3n) is 8.37. The molecular formula is C43H52N4O10. The third kappa shape index (κ3) is 12.7. The van der Waals surface area contributed by atoms with E-state index in [-0.39, 0.29) is 25.3 Å². The van der Waals surface area contributed by atoms with Crippen LogP contribution in [0.25, 0.3) is 10.8 Å². The number of nitrogens with zero attached hydrogens (tertiary/aromatic N) is 1. The minimum absolute atomic E-state index is 0.00373. The molecule has 0 aromatic heterocycles. The molecule has 0 aliphatic carbocycles. The SMILES string of the molecule is CCOC(=O)C[C@H](N)c1cccc(NC(=O)OCCc2ccc(C(Nc3ccc4c(N(C(=O)OC(C)(C)C)C(=O)OC(C)(C)C)cccc4c3)C(=O)O)cc2C)c1. The first kappa shape index (κ1) is 43.6. The fraction of sp³-hybridized carbons (Fsp3) is 0.372. The van der Waals surface area contributed by atoms with Gasteiger partial charge in [-0.15, -0.1) is 0 Å². The smallest absolute Gasteiger partial charge is 0.424 e. The maximum atomic E-state index is 13.3. The van der Waals surface area contributed by atoms with Crippen molar-refractivity contribution in [3.8, 4) is 0 Å². The normalized spacial score (nSPS) is 12.5. The summed E-state index contributed by atoms with van der Waals surface area (Å²) in [4.78, 5) is 64.5. The zero-order valence-corrected chi connectivity index (χ0v) is 33.6. The van der Waals surface area contributed by atoms with Crippen LogP contribution >= 0.6 is 0 Å². The molecule has 4 aromatic rings. The van der Waals surface area contributed by atoms with Crippen molar-refractivity contribution >= 4 is 58.1 Å². The Labute approximate surface area is 332 Å². The second-order valence-electron chi connectivity index (χ2n) is 15.4. The summed E-state index contributed by atoms with van der Waals surface area (Å²) in [5.41, 5.74) is 8.38. The maximum absolute atomic E-state index is 13.3. The number of carbonyl (C=O) groups excluding carboxylic acids is 4. The molecule has 0 fully saturated rings. The molecule has 4 aromatic carbocycles. The summed E-state index contributed by atoms with van der Waals surface area (Å²) < 4.78 is 21.5. The first-order chi connectivity index (χ1) is 26.7. The van der Waals surface area contributed by atoms with E-state index in [4.69, 9.17) is 24.7 Å². The van der Waals surface area contributed by atoms with Gasteiger partial charge in [-0.2, -0.15) is 4.90 Å². The van der Waals surface area contributed by atoms with Crippen LogP contribution in [0, 0.1) is 6.92 Å². The lowest BCUT2D eigenvalue weighted by atomic mass is 9.98. The molecule has 14 heteroatoms. The molecule has 0 saturated heterocycles. The highest BCUT2D eigenvalue weighted by atomic mass is 16.6. The second-order valence-corrected chi connectivity index (χ2v) is 15.4. The number of carbonyl (C=O) groups is 5. The van der Waals surface area contributed by atoms with Gasteiger partial charge in [0.05, 0.1) is 25.3 Å². The fourth-order valence-electron chi connectivity index (χ4n) is 5.84. The molecule has 0 heterocycles. The number of hydrogen-bond donors (Lipinski definition) is 4. The molecule has 0 saturated carbocycles. The molecule has 14 nitrogen and oxygen atoms in total. The number of amides is 3. The molecule has 0 aliphatic rings. The van der Waals surface area contributed by atoms with Crippen LogP contribution in [-0.4, -0.2) is 59.7 Å². The van der Waals surface area contributed by atoms with Gasteiger partial charge in [0, 0.05) is 29.2 Å². The van der Waals surface area contributed by atoms with Crippen LogP contribution in [0.2, 0.25) is 0 Å². The van der Waals surface area contributed by atoms with Gasteiger partial charge in [0.2, 0.25) is 0 Å². The van der Waals surface area contributed by atoms with E-state index in [9.17, 15) is 29.1 Å². The number of aryl methyl sites for hydroxylation is 1. The number of nitrogens with one attached hydrogen (secondary N) is 2. The fourth-order valence-corrected chi connectivity index (χ4v) is 5.84. The number of rotatable bonds is 13. The van der Waals surface area contributed by atoms with Gasteiger partial charge in [0.1, 0.15) is 11.2 Å². The molecular weight excluding hydrogens is 732 g/mol. The Bertz CT molecular complexity index is 2080. The standard InChI is InChI=1S/C43H52N4O10/c1-9-54-36(48)25-34(44)29-13-10-14-31(24-29)46-39(51)55-21-20-27-16-17-30(22-26(27)2)37(38(49)50)45-32-18-19-33-28(23-32)12-11-15-35(33)47(40(52)56-42(3,4)5)41(53)57-43(6,7)8/h10-19,22-24,34,37,45H,9,20-21,25,44H2,1-8H3,(H,46,51)(H,49,50)/t34-,37?/m0/s1. The van der Waals surface area contributed by atoms with Gasteiger partial charge >= 0.3 is 30.2 Å². The van der Waals surface area contributed by atoms with Crippen molar-refractivity contribution in [1.29, 1.82) is 0 Å². The van der Waals surface area contributed by atoms with E-state index in [1.807, 2.05) is 6.92 Å². The first-order valence-corrected chi connectivity index (χ1v) is 18.6. The molecule has 57 heavy (non-hydrogen) atoms. The van der Waals surface area contributed by atoms with Gasteiger partial charge in [-0.3, -0.25) is 10.1 Å². The number of imide groups is 1. The van der Waals surface area contributed by atoms with Crippen molar-refractivity contribution in [3.05, 3.63) is 101 Å². The minimum Gasteiger partial charge on any atom is -0.479 e. The van der Waals surface area contributed by atoms with E-state index in [2.05, 4.69) is 10.6 Å². The summed E-state index contributed by atoms with van der Waals surface area (Å²) in [6, 6.07) is 20.5. The molecule has 0 aliphatic heterocycles. The van der Waals surface area contributed by atoms with Gasteiger partial charge < -0.3 is 35.1 Å². The predicted octanol–water partition coefficient (Wildman–Crippen LogP) is 8.81. The lowest BCUT2D eigenvalue weighted by Gasteiger charge is -2.29. The largest absolute Gasteiger partial charge is 0.479 e. The van der Waals surface area contributed by atoms with Crippen molar-refractivity contribution in [2.45, 2.75) is 91.5 Å². The number of nitrogens with two attached hydrogens (primary N) is 1. The zero-order chi connectivity index (χ0) is 42.1. The molecule has 1 unspecified atom stereocenters. The molecule has 0 radical (unpaired) electrons. The van der Waals surface area contributed by atoms with Crippen LogP contribution in [0.3, 0.4) is 0 Å². The quantitative estimate of drug-likeness (QED) is 0.0744. The van der Waals surface area contributed by atoms with Gasteiger partial charge in [-0.25, -0.2) is 19.2 Å². The highest BCUT2D eigenvalue weighted by molar-refractivity contribution is 6.15. The zero-order valence-electron chi connectivity index (χ0n) is 33.6. The van der Waals surface area contributed by atoms with Crippen molar-refractivity contribution in [3.63, 3.8) is 0 Å². The highest BCUT2D eigenvalue weighted by Crippen LogP contribution is 2.33. The van der Waals surface area contributed by atoms with E-state index in [1.54, 1.807) is 127 Å². The van der Waals surface area contributed by atoms with Crippen molar-refractivity contribution in [2.24, 2.45) is 5.73 Å². The van der Waals surface area contributed by atoms with E-state index < -0.39 is 53.5 Å². The molecule has 4 rings (SSSR count). The molecule has 0 bridgehead atoms. The van der Waals surface area contributed by atoms with Crippen LogP contribution in [0.4, 0.5) is 31.4 Å². The predicted molar refractivity (Wildman–Crippen MR) is 217 cm³/mol. The molecule has 3 amide bonds. The van der Waals surface area contributed by atoms with Crippen molar-refractivity contribution < 1.29 is 48.0 Å². The molecule has 2 atom stereocenters. The lowest BCUT2D eigenvalue weighted by molar-refractivity contribution is -0.143. The Hall–Kier alpha value is -6.15. The highest BCUT2D eigenvalue weighted by Gasteiger charge is 2.33. The summed E-state index contributed by atoms with van der Waals surface area (Å²) in [6.45, 7) is 14.1. The molecule has 5 N–H and O–H groups in total. The van der Waals surface area contributed by atoms with E-state index in [0.29, 0.717) is 39.7 Å². The third-order valence-corrected chi connectivity index (χ3v) is 8.37. The summed E-state index contributed by atoms with van der Waals surface area (Å²) >= 11 is 0. The van der Waals surface area contributed by atoms with E-state index in [1.165, 1.54) is 0 Å². The number of aliphatic carboxylic acids is 1. The Balaban J connectivity index is 1.44. The van der Waals surface area contributed by atoms with Crippen LogP contribution in [0.1, 0.15) is 89.2 Å². The lowest BCUT2D eigenvalue weighted by Crippen LogP contribution is -2.43. The Morgan fingerprint density at radius 1 is 0.789 bits per heavy atom. The average molecular weight is 785 g/mol. The Kier molecular flexibility index (Phi) is 14.3. The number of esters is 1. The first-order valence-electron chi connectivity index (χ1n) is 18.6. The van der Waals surface area contributed by atoms with Gasteiger partial charge in [0.15, 0.2) is 6.04 Å². The average Bonchev–Trinajstić information content (AvgIpc) is 3.10. The second kappa shape index (κ2) is 18.7. The van der Waals surface area contributed by atoms with Gasteiger partial charge in [0.25, 0.3) is 0 Å². The van der Waals surface area contributed by atoms with Crippen molar-refractivity contribution in [1.82, 2.24) is 0 Å². The Morgan fingerprint density at radius 2 is 1.46 bits per heavy atom. The monoisotopic (exact) mass is 784 g/mol. The van der Waals surface area contributed by atoms with E-state index >= 15 is 0 Å². The number of benzene rings is 4.